The second-order valence-corrected chi connectivity index (χ2v) is 7.75. The molecular formula is C21H30N6O. The van der Waals surface area contributed by atoms with Gasteiger partial charge in [0, 0.05) is 50.2 Å². The number of benzene rings is 1. The lowest BCUT2D eigenvalue weighted by Gasteiger charge is -2.34. The van der Waals surface area contributed by atoms with Gasteiger partial charge in [0.15, 0.2) is 0 Å². The van der Waals surface area contributed by atoms with E-state index in [9.17, 15) is 4.79 Å². The normalized spacial score (nSPS) is 15.0. The van der Waals surface area contributed by atoms with Crippen LogP contribution >= 0.6 is 0 Å². The maximum atomic E-state index is 12.6. The number of likely N-dealkylation sites (N-methyl/N-ethyl adjacent to an activating group) is 1. The largest absolute Gasteiger partial charge is 0.370 e. The van der Waals surface area contributed by atoms with Gasteiger partial charge in [-0.05, 0) is 44.2 Å². The minimum Gasteiger partial charge on any atom is -0.370 e. The second-order valence-electron chi connectivity index (χ2n) is 7.75. The molecule has 1 saturated heterocycles. The molecule has 1 aliphatic heterocycles. The summed E-state index contributed by atoms with van der Waals surface area (Å²) in [4.78, 5) is 26.0. The molecule has 2 N–H and O–H groups in total. The summed E-state index contributed by atoms with van der Waals surface area (Å²) in [5.74, 6) is 1.51. The van der Waals surface area contributed by atoms with Crippen molar-refractivity contribution in [1.29, 1.82) is 0 Å². The molecular weight excluding hydrogens is 352 g/mol. The van der Waals surface area contributed by atoms with E-state index < -0.39 is 0 Å². The molecule has 0 bridgehead atoms. The van der Waals surface area contributed by atoms with Crippen LogP contribution in [0.3, 0.4) is 0 Å². The van der Waals surface area contributed by atoms with Crippen LogP contribution in [0.1, 0.15) is 30.2 Å². The van der Waals surface area contributed by atoms with Gasteiger partial charge in [-0.2, -0.15) is 0 Å². The van der Waals surface area contributed by atoms with Crippen molar-refractivity contribution < 1.29 is 4.79 Å². The van der Waals surface area contributed by atoms with Crippen molar-refractivity contribution >= 4 is 23.1 Å². The number of anilines is 3. The van der Waals surface area contributed by atoms with E-state index in [0.717, 1.165) is 38.4 Å². The molecule has 1 amide bonds. The number of carbonyl (C=O) groups excluding carboxylic acids is 1. The molecule has 0 unspecified atom stereocenters. The van der Waals surface area contributed by atoms with Crippen LogP contribution in [0.4, 0.5) is 17.2 Å². The molecule has 3 rings (SSSR count). The highest BCUT2D eigenvalue weighted by Gasteiger charge is 2.15. The van der Waals surface area contributed by atoms with E-state index in [1.54, 1.807) is 13.0 Å². The Balaban J connectivity index is 1.64. The highest BCUT2D eigenvalue weighted by Crippen LogP contribution is 2.20. The van der Waals surface area contributed by atoms with Crippen LogP contribution in [0.2, 0.25) is 0 Å². The summed E-state index contributed by atoms with van der Waals surface area (Å²) in [5.41, 5.74) is 2.31. The summed E-state index contributed by atoms with van der Waals surface area (Å²) >= 11 is 0. The van der Waals surface area contributed by atoms with E-state index in [2.05, 4.69) is 63.4 Å². The van der Waals surface area contributed by atoms with Crippen LogP contribution in [0, 0.1) is 12.8 Å². The predicted molar refractivity (Wildman–Crippen MR) is 114 cm³/mol. The molecule has 7 nitrogen and oxygen atoms in total. The Hall–Kier alpha value is -2.67. The lowest BCUT2D eigenvalue weighted by molar-refractivity contribution is 0.102. The second kappa shape index (κ2) is 9.01. The minimum atomic E-state index is -0.231. The average molecular weight is 383 g/mol. The van der Waals surface area contributed by atoms with Gasteiger partial charge in [0.25, 0.3) is 5.91 Å². The first-order chi connectivity index (χ1) is 13.4. The molecule has 0 atom stereocenters. The first-order valence-electron chi connectivity index (χ1n) is 9.85. The quantitative estimate of drug-likeness (QED) is 0.800. The van der Waals surface area contributed by atoms with Gasteiger partial charge in [0.2, 0.25) is 0 Å². The summed E-state index contributed by atoms with van der Waals surface area (Å²) in [6.07, 6.45) is 0. The van der Waals surface area contributed by atoms with Crippen LogP contribution < -0.4 is 15.5 Å². The zero-order valence-corrected chi connectivity index (χ0v) is 17.2. The van der Waals surface area contributed by atoms with Gasteiger partial charge in [-0.25, -0.2) is 9.97 Å². The number of piperazine rings is 1. The summed E-state index contributed by atoms with van der Waals surface area (Å²) in [6.45, 7) is 11.0. The highest BCUT2D eigenvalue weighted by molar-refractivity contribution is 6.03. The molecule has 150 valence electrons. The zero-order chi connectivity index (χ0) is 20.1. The van der Waals surface area contributed by atoms with E-state index in [-0.39, 0.29) is 5.91 Å². The fourth-order valence-corrected chi connectivity index (χ4v) is 3.10. The number of hydrogen-bond donors (Lipinski definition) is 2. The Morgan fingerprint density at radius 1 is 1.11 bits per heavy atom. The van der Waals surface area contributed by atoms with Gasteiger partial charge >= 0.3 is 0 Å². The number of nitrogens with zero attached hydrogens (tertiary/aromatic N) is 4. The third-order valence-corrected chi connectivity index (χ3v) is 4.76. The molecule has 1 aliphatic rings. The Bertz CT molecular complexity index is 797. The summed E-state index contributed by atoms with van der Waals surface area (Å²) in [7, 11) is 2.15. The topological polar surface area (TPSA) is 73.4 Å². The van der Waals surface area contributed by atoms with Crippen molar-refractivity contribution in [1.82, 2.24) is 14.9 Å². The van der Waals surface area contributed by atoms with Gasteiger partial charge in [0.1, 0.15) is 17.3 Å². The third kappa shape index (κ3) is 5.42. The van der Waals surface area contributed by atoms with Gasteiger partial charge in [-0.1, -0.05) is 13.8 Å². The number of nitrogens with one attached hydrogen (secondary N) is 2. The average Bonchev–Trinajstić information content (AvgIpc) is 2.67. The van der Waals surface area contributed by atoms with E-state index in [1.807, 2.05) is 12.1 Å². The molecule has 0 aliphatic carbocycles. The number of carbonyl (C=O) groups is 1. The van der Waals surface area contributed by atoms with Gasteiger partial charge in [-0.15, -0.1) is 0 Å². The Labute approximate surface area is 167 Å². The Morgan fingerprint density at radius 3 is 2.43 bits per heavy atom. The lowest BCUT2D eigenvalue weighted by Crippen LogP contribution is -2.44. The van der Waals surface area contributed by atoms with Gasteiger partial charge in [0.05, 0.1) is 0 Å². The fraction of sp³-hybridized carbons (Fsp3) is 0.476. The summed E-state index contributed by atoms with van der Waals surface area (Å²) in [6, 6.07) is 9.70. The van der Waals surface area contributed by atoms with Crippen LogP contribution in [-0.4, -0.2) is 60.5 Å². The number of aromatic nitrogens is 2. The van der Waals surface area contributed by atoms with Crippen molar-refractivity contribution in [2.75, 3.05) is 55.3 Å². The van der Waals surface area contributed by atoms with Crippen molar-refractivity contribution in [3.63, 3.8) is 0 Å². The number of rotatable bonds is 6. The van der Waals surface area contributed by atoms with Crippen molar-refractivity contribution in [3.8, 4) is 0 Å². The van der Waals surface area contributed by atoms with Crippen LogP contribution in [0.15, 0.2) is 30.3 Å². The summed E-state index contributed by atoms with van der Waals surface area (Å²) < 4.78 is 0. The summed E-state index contributed by atoms with van der Waals surface area (Å²) in [5, 5.41) is 6.18. The van der Waals surface area contributed by atoms with E-state index >= 15 is 0 Å². The molecule has 7 heteroatoms. The lowest BCUT2D eigenvalue weighted by atomic mass is 10.2. The van der Waals surface area contributed by atoms with Gasteiger partial charge in [-0.3, -0.25) is 4.79 Å². The van der Waals surface area contributed by atoms with Crippen molar-refractivity contribution in [2.45, 2.75) is 20.8 Å². The SMILES string of the molecule is Cc1nc(NCC(C)C)cc(C(=O)Nc2ccc(N3CCN(C)CC3)cc2)n1. The van der Waals surface area contributed by atoms with Crippen LogP contribution in [0.25, 0.3) is 0 Å². The molecule has 2 heterocycles. The number of aryl methyl sites for hydroxylation is 1. The Morgan fingerprint density at radius 2 is 1.79 bits per heavy atom. The predicted octanol–water partition coefficient (Wildman–Crippen LogP) is 2.86. The highest BCUT2D eigenvalue weighted by atomic mass is 16.1. The molecule has 2 aromatic rings. The van der Waals surface area contributed by atoms with E-state index in [0.29, 0.717) is 23.3 Å². The zero-order valence-electron chi connectivity index (χ0n) is 17.2. The Kier molecular flexibility index (Phi) is 6.46. The van der Waals surface area contributed by atoms with Crippen molar-refractivity contribution in [3.05, 3.63) is 41.9 Å². The molecule has 0 saturated carbocycles. The molecule has 28 heavy (non-hydrogen) atoms. The molecule has 1 fully saturated rings. The third-order valence-electron chi connectivity index (χ3n) is 4.76. The van der Waals surface area contributed by atoms with Crippen LogP contribution in [-0.2, 0) is 0 Å². The smallest absolute Gasteiger partial charge is 0.274 e. The molecule has 1 aromatic heterocycles. The van der Waals surface area contributed by atoms with Crippen molar-refractivity contribution in [2.24, 2.45) is 5.92 Å². The van der Waals surface area contributed by atoms with Gasteiger partial charge < -0.3 is 20.4 Å². The molecule has 1 aromatic carbocycles. The monoisotopic (exact) mass is 382 g/mol. The minimum absolute atomic E-state index is 0.231. The maximum absolute atomic E-state index is 12.6. The standard InChI is InChI=1S/C21H30N6O/c1-15(2)14-22-20-13-19(23-16(3)24-20)21(28)25-17-5-7-18(8-6-17)27-11-9-26(4)10-12-27/h5-8,13,15H,9-12,14H2,1-4H3,(H,25,28)(H,22,23,24). The fourth-order valence-electron chi connectivity index (χ4n) is 3.10. The number of hydrogen-bond acceptors (Lipinski definition) is 6. The molecule has 0 radical (unpaired) electrons. The van der Waals surface area contributed by atoms with Crippen LogP contribution in [0.5, 0.6) is 0 Å². The number of amides is 1. The van der Waals surface area contributed by atoms with E-state index in [1.165, 1.54) is 5.69 Å². The molecule has 0 spiro atoms. The first kappa shape index (κ1) is 20.1. The first-order valence-corrected chi connectivity index (χ1v) is 9.85. The maximum Gasteiger partial charge on any atom is 0.274 e. The van der Waals surface area contributed by atoms with E-state index in [4.69, 9.17) is 0 Å².